The van der Waals surface area contributed by atoms with Gasteiger partial charge in [0, 0.05) is 37.0 Å². The zero-order valence-corrected chi connectivity index (χ0v) is 20.2. The maximum atomic E-state index is 11.6. The van der Waals surface area contributed by atoms with E-state index in [1.165, 1.54) is 10.4 Å². The van der Waals surface area contributed by atoms with E-state index in [0.29, 0.717) is 17.8 Å². The summed E-state index contributed by atoms with van der Waals surface area (Å²) >= 11 is 1.91. The summed E-state index contributed by atoms with van der Waals surface area (Å²) in [6.07, 6.45) is 4.94. The van der Waals surface area contributed by atoms with Crippen LogP contribution in [0.3, 0.4) is 0 Å². The monoisotopic (exact) mass is 454 g/mol. The van der Waals surface area contributed by atoms with Crippen LogP contribution < -0.4 is 0 Å². The van der Waals surface area contributed by atoms with Gasteiger partial charge in [-0.05, 0) is 67.6 Å². The lowest BCUT2D eigenvalue weighted by Gasteiger charge is -2.35. The average molecular weight is 455 g/mol. The number of carboxylic acids is 1. The smallest absolute Gasteiger partial charge is 0.306 e. The van der Waals surface area contributed by atoms with Gasteiger partial charge in [0.1, 0.15) is 0 Å². The molecule has 1 aromatic carbocycles. The molecule has 4 rings (SSSR count). The van der Waals surface area contributed by atoms with E-state index < -0.39 is 5.97 Å². The van der Waals surface area contributed by atoms with Crippen molar-refractivity contribution in [2.75, 3.05) is 32.7 Å². The van der Waals surface area contributed by atoms with Crippen LogP contribution in [0.25, 0.3) is 0 Å². The van der Waals surface area contributed by atoms with Crippen LogP contribution in [0.15, 0.2) is 47.8 Å². The number of hydrogen-bond acceptors (Lipinski definition) is 4. The summed E-state index contributed by atoms with van der Waals surface area (Å²) in [4.78, 5) is 18.4. The molecule has 1 unspecified atom stereocenters. The third-order valence-electron chi connectivity index (χ3n) is 7.48. The molecular weight excluding hydrogens is 416 g/mol. The first-order valence-corrected chi connectivity index (χ1v) is 13.2. The zero-order valence-electron chi connectivity index (χ0n) is 19.4. The van der Waals surface area contributed by atoms with Gasteiger partial charge in [-0.2, -0.15) is 0 Å². The number of rotatable bonds is 10. The van der Waals surface area contributed by atoms with Crippen LogP contribution in [-0.4, -0.2) is 53.6 Å². The van der Waals surface area contributed by atoms with Gasteiger partial charge in [-0.15, -0.1) is 11.3 Å². The van der Waals surface area contributed by atoms with Gasteiger partial charge >= 0.3 is 5.97 Å². The van der Waals surface area contributed by atoms with E-state index >= 15 is 0 Å². The number of nitrogens with zero attached hydrogens (tertiary/aromatic N) is 2. The Morgan fingerprint density at radius 2 is 1.88 bits per heavy atom. The van der Waals surface area contributed by atoms with E-state index in [2.05, 4.69) is 64.6 Å². The van der Waals surface area contributed by atoms with Crippen LogP contribution in [0.5, 0.6) is 0 Å². The minimum absolute atomic E-state index is 0.152. The SMILES string of the molecule is CCCC(CC1CCN(C[C@H]2CN(Cc3ccccc3)C[C@@H]2c2cccs2)CC1)C(=O)O. The number of carbonyl (C=O) groups is 1. The zero-order chi connectivity index (χ0) is 22.3. The molecule has 0 bridgehead atoms. The van der Waals surface area contributed by atoms with Gasteiger partial charge in [0.25, 0.3) is 0 Å². The van der Waals surface area contributed by atoms with E-state index in [1.54, 1.807) is 0 Å². The topological polar surface area (TPSA) is 43.8 Å². The van der Waals surface area contributed by atoms with Crippen LogP contribution in [0.4, 0.5) is 0 Å². The third-order valence-corrected chi connectivity index (χ3v) is 8.48. The van der Waals surface area contributed by atoms with Gasteiger partial charge in [-0.25, -0.2) is 0 Å². The van der Waals surface area contributed by atoms with Crippen LogP contribution in [0, 0.1) is 17.8 Å². The Labute approximate surface area is 197 Å². The van der Waals surface area contributed by atoms with Gasteiger partial charge in [0.15, 0.2) is 0 Å². The van der Waals surface area contributed by atoms with E-state index in [9.17, 15) is 9.90 Å². The van der Waals surface area contributed by atoms with Crippen LogP contribution in [0.2, 0.25) is 0 Å². The number of hydrogen-bond donors (Lipinski definition) is 1. The molecule has 2 fully saturated rings. The van der Waals surface area contributed by atoms with Crippen LogP contribution in [0.1, 0.15) is 55.4 Å². The highest BCUT2D eigenvalue weighted by Crippen LogP contribution is 2.37. The minimum atomic E-state index is -0.600. The molecule has 2 aliphatic heterocycles. The van der Waals surface area contributed by atoms with Crippen molar-refractivity contribution in [1.29, 1.82) is 0 Å². The number of carboxylic acid groups (broad SMARTS) is 1. The van der Waals surface area contributed by atoms with Crippen molar-refractivity contribution < 1.29 is 9.90 Å². The molecule has 5 heteroatoms. The second-order valence-corrected chi connectivity index (χ2v) is 10.8. The van der Waals surface area contributed by atoms with Crippen molar-refractivity contribution in [1.82, 2.24) is 9.80 Å². The summed E-state index contributed by atoms with van der Waals surface area (Å²) in [6.45, 7) is 8.84. The lowest BCUT2D eigenvalue weighted by Crippen LogP contribution is -2.39. The Balaban J connectivity index is 1.32. The third kappa shape index (κ3) is 6.21. The Bertz CT molecular complexity index is 817. The second-order valence-electron chi connectivity index (χ2n) is 9.87. The fraction of sp³-hybridized carbons (Fsp3) is 0.593. The van der Waals surface area contributed by atoms with E-state index in [4.69, 9.17) is 0 Å². The summed E-state index contributed by atoms with van der Waals surface area (Å²) in [5.74, 6) is 1.11. The quantitative estimate of drug-likeness (QED) is 0.510. The maximum Gasteiger partial charge on any atom is 0.306 e. The van der Waals surface area contributed by atoms with E-state index in [-0.39, 0.29) is 5.92 Å². The number of benzene rings is 1. The Morgan fingerprint density at radius 1 is 1.09 bits per heavy atom. The predicted molar refractivity (Wildman–Crippen MR) is 132 cm³/mol. The predicted octanol–water partition coefficient (Wildman–Crippen LogP) is 5.57. The summed E-state index contributed by atoms with van der Waals surface area (Å²) < 4.78 is 0. The molecule has 0 saturated carbocycles. The molecule has 1 N–H and O–H groups in total. The molecule has 0 spiro atoms. The number of likely N-dealkylation sites (tertiary alicyclic amines) is 2. The van der Waals surface area contributed by atoms with Gasteiger partial charge < -0.3 is 10.0 Å². The first kappa shape index (κ1) is 23.5. The molecule has 2 saturated heterocycles. The molecule has 3 atom stereocenters. The minimum Gasteiger partial charge on any atom is -0.481 e. The van der Waals surface area contributed by atoms with Crippen molar-refractivity contribution in [3.05, 3.63) is 58.3 Å². The highest BCUT2D eigenvalue weighted by Gasteiger charge is 2.36. The molecule has 0 aliphatic carbocycles. The van der Waals surface area contributed by atoms with Gasteiger partial charge in [0.2, 0.25) is 0 Å². The Morgan fingerprint density at radius 3 is 2.53 bits per heavy atom. The van der Waals surface area contributed by atoms with Crippen molar-refractivity contribution in [3.63, 3.8) is 0 Å². The fourth-order valence-electron chi connectivity index (χ4n) is 5.77. The van der Waals surface area contributed by atoms with Crippen molar-refractivity contribution >= 4 is 17.3 Å². The molecule has 2 aliphatic rings. The molecule has 4 nitrogen and oxygen atoms in total. The van der Waals surface area contributed by atoms with Gasteiger partial charge in [0.05, 0.1) is 5.92 Å². The first-order chi connectivity index (χ1) is 15.6. The summed E-state index contributed by atoms with van der Waals surface area (Å²) in [5.41, 5.74) is 1.40. The van der Waals surface area contributed by atoms with Gasteiger partial charge in [-0.1, -0.05) is 49.7 Å². The standard InChI is InChI=1S/C27H38N2O2S/c1-2-7-23(27(30)31)16-21-11-13-28(14-12-21)18-24-19-29(17-22-8-4-3-5-9-22)20-25(24)26-10-6-15-32-26/h3-6,8-10,15,21,23-25H,2,7,11-14,16-20H2,1H3,(H,30,31)/t23?,24-,25-/m0/s1. The van der Waals surface area contributed by atoms with E-state index in [1.807, 2.05) is 11.3 Å². The molecule has 0 radical (unpaired) electrons. The van der Waals surface area contributed by atoms with Crippen LogP contribution >= 0.6 is 11.3 Å². The molecule has 1 aromatic heterocycles. The lowest BCUT2D eigenvalue weighted by molar-refractivity contribution is -0.142. The Hall–Kier alpha value is -1.69. The average Bonchev–Trinajstić information content (AvgIpc) is 3.45. The number of piperidine rings is 1. The second kappa shape index (κ2) is 11.4. The highest BCUT2D eigenvalue weighted by molar-refractivity contribution is 7.10. The van der Waals surface area contributed by atoms with Crippen molar-refractivity contribution in [2.24, 2.45) is 17.8 Å². The largest absolute Gasteiger partial charge is 0.481 e. The van der Waals surface area contributed by atoms with E-state index in [0.717, 1.165) is 71.4 Å². The first-order valence-electron chi connectivity index (χ1n) is 12.4. The van der Waals surface area contributed by atoms with Gasteiger partial charge in [-0.3, -0.25) is 9.69 Å². The molecule has 174 valence electrons. The summed E-state index contributed by atoms with van der Waals surface area (Å²) in [6, 6.07) is 15.4. The molecule has 3 heterocycles. The highest BCUT2D eigenvalue weighted by atomic mass is 32.1. The molecular formula is C27H38N2O2S. The molecule has 32 heavy (non-hydrogen) atoms. The fourth-order valence-corrected chi connectivity index (χ4v) is 6.68. The Kier molecular flexibility index (Phi) is 8.39. The number of aliphatic carboxylic acids is 1. The van der Waals surface area contributed by atoms with Crippen LogP contribution in [-0.2, 0) is 11.3 Å². The molecule has 0 amide bonds. The van der Waals surface area contributed by atoms with Crippen molar-refractivity contribution in [2.45, 2.75) is 51.5 Å². The molecule has 2 aromatic rings. The van der Waals surface area contributed by atoms with Crippen molar-refractivity contribution in [3.8, 4) is 0 Å². The normalized spacial score (nSPS) is 24.0. The maximum absolute atomic E-state index is 11.6. The number of thiophene rings is 1. The summed E-state index contributed by atoms with van der Waals surface area (Å²) in [5, 5.41) is 11.7. The lowest BCUT2D eigenvalue weighted by atomic mass is 9.84. The summed E-state index contributed by atoms with van der Waals surface area (Å²) in [7, 11) is 0.